The topological polar surface area (TPSA) is 44.3 Å². The van der Waals surface area contributed by atoms with Crippen molar-refractivity contribution in [2.45, 2.75) is 106 Å². The summed E-state index contributed by atoms with van der Waals surface area (Å²) in [4.78, 5) is 0. The van der Waals surface area contributed by atoms with E-state index < -0.39 is 0 Å². The van der Waals surface area contributed by atoms with Crippen molar-refractivity contribution in [2.75, 3.05) is 13.2 Å². The van der Waals surface area contributed by atoms with Gasteiger partial charge in [0.15, 0.2) is 6.20 Å². The predicted octanol–water partition coefficient (Wildman–Crippen LogP) is 7.31. The maximum Gasteiger partial charge on any atom is 0.250 e. The van der Waals surface area contributed by atoms with Crippen molar-refractivity contribution in [3.63, 3.8) is 0 Å². The summed E-state index contributed by atoms with van der Waals surface area (Å²) < 4.78 is 2.53. The summed E-state index contributed by atoms with van der Waals surface area (Å²) >= 11 is 23.4. The van der Waals surface area contributed by atoms with Gasteiger partial charge in [0.1, 0.15) is 7.05 Å². The number of nitrogens with zero attached hydrogens (tertiary/aromatic N) is 1. The fourth-order valence-corrected chi connectivity index (χ4v) is 155. The summed E-state index contributed by atoms with van der Waals surface area (Å²) in [6.07, 6.45) is 5.92. The quantitative estimate of drug-likeness (QED) is 0.113. The number of thiol groups is 1. The standard InChI is InChI=1S/C9H14NS2.C9H20OS2.C6H14OS.S32.S30/c1-8(2)11-12-9-6-4-5-7-10(9)3;1-8(2)11-12-9(3,4)6-5-7-10;1-6(2,8)4-3-5-7;1-3-5-7-9-11-13-15-17-19-21-23-25-27-29-31-32-30-28-26-24-22-20-18-16-14-12-10-8-6-4-2;1-3-5-7-9-11-13-15-17-19-21-23-25-27-29-30-28-26-24-22-20-18-16-14-12-10-8-6-4-2/h4-8H,1-3H3;8,10H,5-7H2,1-4H3;7-8H,3-5H2,1-2H3;;/q+1;;;;. The monoisotopic (exact) mass is 2520 g/mol. The van der Waals surface area contributed by atoms with Gasteiger partial charge in [0.25, 0.3) is 0 Å². The van der Waals surface area contributed by atoms with Gasteiger partial charge < -0.3 is 10.2 Å². The third-order valence-corrected chi connectivity index (χ3v) is 137. The second-order valence-electron chi connectivity index (χ2n) is 13.3. The Morgan fingerprint density at radius 2 is 0.564 bits per heavy atom. The SMILES string of the molecule is CC(C)(S)CCCO.CC(C)SSC(C)(C)CCCO.CC(C)SSc1cccc[n+]1C.S=S=S=S=S=S=S=S=S=S=S=S=S=S=S=S=S=S=S=S=S=S=S=S=S=S=S=S=S=S.S=S=S=S=S=S=S=S=S=S=S=S=S=S=S=S=S=S=S=S=S=S=S=S=S=S=S=S=S=S=S=S. The molecule has 0 unspecified atom stereocenters. The van der Waals surface area contributed by atoms with Gasteiger partial charge in [-0.15, -0.1) is 0 Å². The molecular formula is C24H48NO2S67+. The zero-order valence-electron chi connectivity index (χ0n) is 46.9. The van der Waals surface area contributed by atoms with Gasteiger partial charge in [0.05, 0.1) is 0 Å². The molecule has 562 valence electrons. The van der Waals surface area contributed by atoms with E-state index in [9.17, 15) is 0 Å². The molecule has 0 fully saturated rings. The van der Waals surface area contributed by atoms with Crippen molar-refractivity contribution in [3.8, 4) is 0 Å². The van der Waals surface area contributed by atoms with Crippen molar-refractivity contribution in [3.05, 3.63) is 24.4 Å². The number of rotatable bonds is 12. The largest absolute Gasteiger partial charge is 0.396 e. The third-order valence-electron chi connectivity index (χ3n) is 5.24. The Bertz CT molecular complexity index is 5060. The highest BCUT2D eigenvalue weighted by Crippen LogP contribution is 2.40. The van der Waals surface area contributed by atoms with E-state index >= 15 is 0 Å². The van der Waals surface area contributed by atoms with E-state index in [1.165, 1.54) is 40.5 Å². The number of aromatic nitrogens is 1. The van der Waals surface area contributed by atoms with Crippen LogP contribution in [0.25, 0.3) is 0 Å². The minimum absolute atomic E-state index is 0.0860. The lowest BCUT2D eigenvalue weighted by molar-refractivity contribution is -0.708. The molecule has 1 heterocycles. The molecule has 1 rings (SSSR count). The maximum atomic E-state index is 8.69. The van der Waals surface area contributed by atoms with E-state index in [-0.39, 0.29) is 11.4 Å². The van der Waals surface area contributed by atoms with Gasteiger partial charge in [0.2, 0.25) is 5.03 Å². The molecule has 0 aliphatic carbocycles. The van der Waals surface area contributed by atoms with Crippen LogP contribution in [0.2, 0.25) is 0 Å². The minimum Gasteiger partial charge on any atom is -0.396 e. The molecule has 0 aliphatic heterocycles. The Morgan fingerprint density at radius 3 is 0.734 bits per heavy atom. The number of hydrogen-bond acceptors (Lipinski definition) is 11. The summed E-state index contributed by atoms with van der Waals surface area (Å²) in [5, 5.41) is 19.7. The smallest absolute Gasteiger partial charge is 0.250 e. The summed E-state index contributed by atoms with van der Waals surface area (Å²) in [5.41, 5.74) is 0. The van der Waals surface area contributed by atoms with Gasteiger partial charge in [-0.2, -0.15) is 17.2 Å². The van der Waals surface area contributed by atoms with Crippen LogP contribution in [0.5, 0.6) is 0 Å². The van der Waals surface area contributed by atoms with Crippen LogP contribution >= 0.6 is 55.8 Å². The molecule has 0 aliphatic rings. The van der Waals surface area contributed by atoms with Crippen LogP contribution in [0.1, 0.15) is 81.1 Å². The lowest BCUT2D eigenvalue weighted by Gasteiger charge is -2.23. The molecule has 0 amide bonds. The van der Waals surface area contributed by atoms with Crippen LogP contribution in [0.4, 0.5) is 0 Å². The fourth-order valence-electron chi connectivity index (χ4n) is 2.64. The van der Waals surface area contributed by atoms with Crippen molar-refractivity contribution in [1.29, 1.82) is 0 Å². The Labute approximate surface area is 761 Å². The van der Waals surface area contributed by atoms with E-state index in [1.807, 2.05) is 312 Å². The first-order valence-electron chi connectivity index (χ1n) is 21.3. The molecule has 2 N–H and O–H groups in total. The molecule has 0 saturated heterocycles. The van der Waals surface area contributed by atoms with E-state index in [0.29, 0.717) is 21.9 Å². The predicted molar refractivity (Wildman–Crippen MR) is 613 cm³/mol. The molecule has 1 aromatic rings. The van der Waals surface area contributed by atoms with Crippen molar-refractivity contribution < 1.29 is 14.8 Å². The average Bonchev–Trinajstić information content (AvgIpc) is 2.07. The second-order valence-corrected chi connectivity index (χ2v) is 123. The van der Waals surface area contributed by atoms with Crippen LogP contribution in [-0.4, -0.2) is 43.4 Å². The van der Waals surface area contributed by atoms with Gasteiger partial charge in [-0.25, -0.2) is 0 Å². The molecule has 70 heteroatoms. The van der Waals surface area contributed by atoms with E-state index in [0.717, 1.165) is 25.7 Å². The minimum atomic E-state index is 0.0860. The highest BCUT2D eigenvalue weighted by molar-refractivity contribution is 8.83. The van der Waals surface area contributed by atoms with Crippen LogP contribution in [0.15, 0.2) is 29.4 Å². The third kappa shape index (κ3) is 113. The number of aryl methyl sites for hydroxylation is 1. The molecular weight excluding hydrogens is 2480 g/mol. The van der Waals surface area contributed by atoms with Crippen molar-refractivity contribution >= 4 is 616 Å². The Morgan fingerprint density at radius 1 is 0.351 bits per heavy atom. The summed E-state index contributed by atoms with van der Waals surface area (Å²) in [6, 6.07) is 6.26. The van der Waals surface area contributed by atoms with Gasteiger partial charge >= 0.3 is 0 Å². The highest BCUT2D eigenvalue weighted by Gasteiger charge is 2.18. The Kier molecular flexibility index (Phi) is 122. The van der Waals surface area contributed by atoms with Crippen LogP contribution in [0, 0.1) is 0 Å². The molecule has 3 nitrogen and oxygen atoms in total. The number of aliphatic hydroxyl groups excluding tert-OH is 2. The molecule has 94 heavy (non-hydrogen) atoms. The van der Waals surface area contributed by atoms with Crippen molar-refractivity contribution in [2.24, 2.45) is 7.05 Å². The Hall–Kier alpha value is 14.5. The number of pyridine rings is 1. The zero-order chi connectivity index (χ0) is 70.2. The molecule has 0 bridgehead atoms. The first kappa shape index (κ1) is 115. The summed E-state index contributed by atoms with van der Waals surface area (Å²) in [6.45, 7) is 18.0. The highest BCUT2D eigenvalue weighted by atomic mass is 33.5. The lowest BCUT2D eigenvalue weighted by Crippen LogP contribution is -2.29. The van der Waals surface area contributed by atoms with Crippen LogP contribution < -0.4 is 4.57 Å². The average molecular weight is 2530 g/mol. The van der Waals surface area contributed by atoms with Gasteiger partial charge in [-0.3, -0.25) is 0 Å². The normalized spacial score (nSPS) is 9.00. The number of hydrogen-bond donors (Lipinski definition) is 3. The molecule has 0 radical (unpaired) electrons. The van der Waals surface area contributed by atoms with E-state index in [4.69, 9.17) is 55.0 Å². The number of aliphatic hydroxyl groups is 2. The first-order valence-corrected chi connectivity index (χ1v) is 106. The van der Waals surface area contributed by atoms with Crippen LogP contribution in [-0.2, 0) is 567 Å². The van der Waals surface area contributed by atoms with E-state index in [2.05, 4.69) is 84.1 Å². The molecule has 0 spiro atoms. The lowest BCUT2D eigenvalue weighted by atomic mass is 10.1. The Balaban J connectivity index is -0.000000592. The summed E-state index contributed by atoms with van der Waals surface area (Å²) in [5.74, 6) is 0. The van der Waals surface area contributed by atoms with Crippen LogP contribution in [0.3, 0.4) is 0 Å². The van der Waals surface area contributed by atoms with Gasteiger partial charge in [0, 0.05) is 616 Å². The zero-order valence-corrected chi connectivity index (χ0v) is 102. The molecule has 0 saturated carbocycles. The molecule has 0 atom stereocenters. The molecule has 1 aromatic heterocycles. The first-order chi connectivity index (χ1) is 45.6. The fraction of sp³-hybridized carbons (Fsp3) is 0.792. The van der Waals surface area contributed by atoms with Crippen molar-refractivity contribution in [1.82, 2.24) is 0 Å². The second kappa shape index (κ2) is 99.8. The maximum absolute atomic E-state index is 8.69. The van der Waals surface area contributed by atoms with E-state index in [1.54, 1.807) is 231 Å². The van der Waals surface area contributed by atoms with Gasteiger partial charge in [-0.1, -0.05) is 73.9 Å². The van der Waals surface area contributed by atoms with Gasteiger partial charge in [-0.05, 0) is 45.6 Å². The molecule has 0 aromatic carbocycles. The summed E-state index contributed by atoms with van der Waals surface area (Å²) in [7, 11) is 112.